The van der Waals surface area contributed by atoms with Gasteiger partial charge in [-0.2, -0.15) is 0 Å². The number of aromatic nitrogens is 1. The smallest absolute Gasteiger partial charge is 0.175 e. The van der Waals surface area contributed by atoms with E-state index >= 15 is 0 Å². The summed E-state index contributed by atoms with van der Waals surface area (Å²) >= 11 is 3.38. The van der Waals surface area contributed by atoms with Crippen LogP contribution in [-0.2, 0) is 0 Å². The van der Waals surface area contributed by atoms with Crippen molar-refractivity contribution in [3.8, 4) is 22.8 Å². The van der Waals surface area contributed by atoms with Crippen LogP contribution in [0.25, 0.3) is 11.3 Å². The van der Waals surface area contributed by atoms with Crippen LogP contribution in [0.3, 0.4) is 0 Å². The van der Waals surface area contributed by atoms with Gasteiger partial charge >= 0.3 is 0 Å². The molecule has 0 radical (unpaired) electrons. The highest BCUT2D eigenvalue weighted by atomic mass is 79.9. The van der Waals surface area contributed by atoms with E-state index in [4.69, 9.17) is 15.0 Å². The number of hydrogen-bond donors (Lipinski definition) is 2. The lowest BCUT2D eigenvalue weighted by Crippen LogP contribution is -1.91. The van der Waals surface area contributed by atoms with Crippen LogP contribution < -0.4 is 10.5 Å². The minimum atomic E-state index is 0.0631. The van der Waals surface area contributed by atoms with E-state index in [1.165, 1.54) is 7.11 Å². The Bertz CT molecular complexity index is 566. The molecule has 0 aliphatic rings. The minimum absolute atomic E-state index is 0.0631. The van der Waals surface area contributed by atoms with Crippen molar-refractivity contribution in [1.82, 2.24) is 5.16 Å². The van der Waals surface area contributed by atoms with Gasteiger partial charge in [0.25, 0.3) is 0 Å². The molecule has 0 atom stereocenters. The van der Waals surface area contributed by atoms with Crippen molar-refractivity contribution in [1.29, 1.82) is 0 Å². The van der Waals surface area contributed by atoms with E-state index in [2.05, 4.69) is 21.1 Å². The number of anilines is 1. The molecule has 0 aliphatic heterocycles. The van der Waals surface area contributed by atoms with Gasteiger partial charge in [-0.25, -0.2) is 0 Å². The topological polar surface area (TPSA) is 81.5 Å². The summed E-state index contributed by atoms with van der Waals surface area (Å²) in [5.41, 5.74) is 7.09. The SMILES string of the molecule is COc1c(O)cc(C)c(-c2cc(N)no2)c1Br. The Morgan fingerprint density at radius 2 is 2.18 bits per heavy atom. The first-order valence-corrected chi connectivity index (χ1v) is 5.62. The molecule has 5 nitrogen and oxygen atoms in total. The summed E-state index contributed by atoms with van der Waals surface area (Å²) in [5.74, 6) is 1.23. The summed E-state index contributed by atoms with van der Waals surface area (Å²) in [7, 11) is 1.48. The molecule has 0 saturated heterocycles. The molecular formula is C11H11BrN2O3. The maximum atomic E-state index is 9.72. The number of aromatic hydroxyl groups is 1. The van der Waals surface area contributed by atoms with Crippen molar-refractivity contribution in [2.24, 2.45) is 0 Å². The maximum Gasteiger partial charge on any atom is 0.175 e. The Morgan fingerprint density at radius 1 is 1.47 bits per heavy atom. The zero-order valence-electron chi connectivity index (χ0n) is 9.32. The predicted octanol–water partition coefficient (Wildman–Crippen LogP) is 2.71. The molecule has 0 saturated carbocycles. The quantitative estimate of drug-likeness (QED) is 0.891. The second-order valence-electron chi connectivity index (χ2n) is 3.55. The van der Waals surface area contributed by atoms with Crippen LogP contribution in [0.2, 0.25) is 0 Å². The molecule has 0 spiro atoms. The second-order valence-corrected chi connectivity index (χ2v) is 4.34. The van der Waals surface area contributed by atoms with Crippen LogP contribution in [0, 0.1) is 6.92 Å². The molecular weight excluding hydrogens is 288 g/mol. The van der Waals surface area contributed by atoms with Crippen LogP contribution in [0.5, 0.6) is 11.5 Å². The molecule has 0 amide bonds. The Morgan fingerprint density at radius 3 is 2.71 bits per heavy atom. The van der Waals surface area contributed by atoms with Gasteiger partial charge < -0.3 is 20.1 Å². The fourth-order valence-electron chi connectivity index (χ4n) is 1.65. The summed E-state index contributed by atoms with van der Waals surface area (Å²) in [5, 5.41) is 13.4. The predicted molar refractivity (Wildman–Crippen MR) is 67.0 cm³/mol. The average Bonchev–Trinajstić information content (AvgIpc) is 2.64. The fourth-order valence-corrected chi connectivity index (χ4v) is 2.52. The van der Waals surface area contributed by atoms with Crippen LogP contribution in [0.15, 0.2) is 21.1 Å². The molecule has 0 unspecified atom stereocenters. The molecule has 1 aromatic heterocycles. The standard InChI is InChI=1S/C11H11BrN2O3/c1-5-3-6(15)11(16-2)10(12)9(5)7-4-8(13)14-17-7/h3-4,15H,1-2H3,(H2,13,14). The average molecular weight is 299 g/mol. The molecule has 0 fully saturated rings. The van der Waals surface area contributed by atoms with Crippen molar-refractivity contribution in [3.05, 3.63) is 22.2 Å². The number of ether oxygens (including phenoxy) is 1. The summed E-state index contributed by atoms with van der Waals surface area (Å²) in [6, 6.07) is 3.21. The highest BCUT2D eigenvalue weighted by Gasteiger charge is 2.19. The first-order valence-electron chi connectivity index (χ1n) is 4.83. The van der Waals surface area contributed by atoms with Gasteiger partial charge in [-0.1, -0.05) is 5.16 Å². The van der Waals surface area contributed by atoms with Crippen molar-refractivity contribution in [2.45, 2.75) is 6.92 Å². The number of methoxy groups -OCH3 is 1. The fraction of sp³-hybridized carbons (Fsp3) is 0.182. The molecule has 6 heteroatoms. The van der Waals surface area contributed by atoms with Crippen LogP contribution >= 0.6 is 15.9 Å². The number of phenols is 1. The molecule has 2 aromatic rings. The number of nitrogen functional groups attached to an aromatic ring is 1. The normalized spacial score (nSPS) is 10.5. The van der Waals surface area contributed by atoms with Crippen LogP contribution in [0.1, 0.15) is 5.56 Å². The zero-order chi connectivity index (χ0) is 12.6. The molecule has 1 heterocycles. The van der Waals surface area contributed by atoms with Gasteiger partial charge in [0.15, 0.2) is 23.1 Å². The summed E-state index contributed by atoms with van der Waals surface area (Å²) < 4.78 is 10.8. The third-order valence-electron chi connectivity index (χ3n) is 2.38. The van der Waals surface area contributed by atoms with E-state index in [1.807, 2.05) is 6.92 Å². The van der Waals surface area contributed by atoms with Crippen LogP contribution in [0.4, 0.5) is 5.82 Å². The van der Waals surface area contributed by atoms with Gasteiger partial charge in [-0.05, 0) is 34.5 Å². The first kappa shape index (κ1) is 11.8. The van der Waals surface area contributed by atoms with Crippen molar-refractivity contribution >= 4 is 21.7 Å². The minimum Gasteiger partial charge on any atom is -0.504 e. The van der Waals surface area contributed by atoms with E-state index in [0.717, 1.165) is 11.1 Å². The monoisotopic (exact) mass is 298 g/mol. The number of rotatable bonds is 2. The van der Waals surface area contributed by atoms with E-state index in [-0.39, 0.29) is 5.75 Å². The highest BCUT2D eigenvalue weighted by molar-refractivity contribution is 9.10. The maximum absolute atomic E-state index is 9.72. The number of benzene rings is 1. The highest BCUT2D eigenvalue weighted by Crippen LogP contribution is 2.43. The van der Waals surface area contributed by atoms with Gasteiger partial charge in [-0.15, -0.1) is 0 Å². The first-order chi connectivity index (χ1) is 8.04. The van der Waals surface area contributed by atoms with Gasteiger partial charge in [0.2, 0.25) is 0 Å². The molecule has 90 valence electrons. The molecule has 0 bridgehead atoms. The van der Waals surface area contributed by atoms with Gasteiger partial charge in [0.05, 0.1) is 11.6 Å². The summed E-state index contributed by atoms with van der Waals surface area (Å²) in [6.07, 6.45) is 0. The zero-order valence-corrected chi connectivity index (χ0v) is 10.9. The number of halogens is 1. The number of aryl methyl sites for hydroxylation is 1. The van der Waals surface area contributed by atoms with E-state index in [9.17, 15) is 5.11 Å². The molecule has 2 rings (SSSR count). The largest absolute Gasteiger partial charge is 0.504 e. The summed E-state index contributed by atoms with van der Waals surface area (Å²) in [6.45, 7) is 1.85. The van der Waals surface area contributed by atoms with E-state index in [0.29, 0.717) is 21.8 Å². The molecule has 3 N–H and O–H groups in total. The van der Waals surface area contributed by atoms with Gasteiger partial charge in [0.1, 0.15) is 0 Å². The molecule has 1 aromatic carbocycles. The third kappa shape index (κ3) is 1.95. The van der Waals surface area contributed by atoms with Crippen molar-refractivity contribution in [3.63, 3.8) is 0 Å². The lowest BCUT2D eigenvalue weighted by atomic mass is 10.1. The molecule has 0 aliphatic carbocycles. The number of phenolic OH excluding ortho intramolecular Hbond substituents is 1. The summed E-state index contributed by atoms with van der Waals surface area (Å²) in [4.78, 5) is 0. The third-order valence-corrected chi connectivity index (χ3v) is 3.13. The second kappa shape index (κ2) is 4.29. The Hall–Kier alpha value is -1.69. The Kier molecular flexibility index (Phi) is 2.97. The van der Waals surface area contributed by atoms with Crippen molar-refractivity contribution < 1.29 is 14.4 Å². The Labute approximate surface area is 106 Å². The lowest BCUT2D eigenvalue weighted by Gasteiger charge is -2.11. The van der Waals surface area contributed by atoms with Gasteiger partial charge in [-0.3, -0.25) is 0 Å². The number of nitrogens with two attached hydrogens (primary N) is 1. The van der Waals surface area contributed by atoms with Gasteiger partial charge in [0, 0.05) is 11.6 Å². The number of hydrogen-bond acceptors (Lipinski definition) is 5. The lowest BCUT2D eigenvalue weighted by molar-refractivity contribution is 0.370. The van der Waals surface area contributed by atoms with Crippen LogP contribution in [-0.4, -0.2) is 17.4 Å². The van der Waals surface area contributed by atoms with E-state index < -0.39 is 0 Å². The Balaban J connectivity index is 2.69. The van der Waals surface area contributed by atoms with E-state index in [1.54, 1.807) is 12.1 Å². The van der Waals surface area contributed by atoms with Crippen molar-refractivity contribution in [2.75, 3.05) is 12.8 Å². The number of nitrogens with zero attached hydrogens (tertiary/aromatic N) is 1. The molecule has 17 heavy (non-hydrogen) atoms.